The number of aromatic nitrogens is 2. The van der Waals surface area contributed by atoms with Crippen LogP contribution < -0.4 is 15.8 Å². The molecule has 3 aliphatic rings. The van der Waals surface area contributed by atoms with Gasteiger partial charge in [-0.2, -0.15) is 5.10 Å². The summed E-state index contributed by atoms with van der Waals surface area (Å²) in [6, 6.07) is 12.0. The van der Waals surface area contributed by atoms with E-state index < -0.39 is 0 Å². The van der Waals surface area contributed by atoms with Crippen molar-refractivity contribution in [3.8, 4) is 0 Å². The lowest BCUT2D eigenvalue weighted by atomic mass is 9.89. The number of ether oxygens (including phenoxy) is 2. The molecule has 1 saturated heterocycles. The molecule has 34 heavy (non-hydrogen) atoms. The number of halogens is 1. The van der Waals surface area contributed by atoms with Gasteiger partial charge in [0.25, 0.3) is 5.56 Å². The van der Waals surface area contributed by atoms with E-state index in [1.54, 1.807) is 18.0 Å². The molecule has 1 aromatic carbocycles. The van der Waals surface area contributed by atoms with Gasteiger partial charge in [0, 0.05) is 44.0 Å². The summed E-state index contributed by atoms with van der Waals surface area (Å²) < 4.78 is 12.8. The minimum atomic E-state index is -0.208. The van der Waals surface area contributed by atoms with Crippen molar-refractivity contribution in [1.29, 1.82) is 0 Å². The van der Waals surface area contributed by atoms with Crippen LogP contribution in [-0.4, -0.2) is 54.8 Å². The fourth-order valence-electron chi connectivity index (χ4n) is 5.60. The van der Waals surface area contributed by atoms with Gasteiger partial charge < -0.3 is 19.7 Å². The summed E-state index contributed by atoms with van der Waals surface area (Å²) in [6.45, 7) is 1.99. The van der Waals surface area contributed by atoms with Gasteiger partial charge in [-0.25, -0.2) is 4.68 Å². The highest BCUT2D eigenvalue weighted by Crippen LogP contribution is 2.39. The number of nitrogens with one attached hydrogen (secondary N) is 1. The predicted octanol–water partition coefficient (Wildman–Crippen LogP) is 4.51. The van der Waals surface area contributed by atoms with Crippen LogP contribution in [0.2, 0.25) is 5.02 Å². The molecule has 0 radical (unpaired) electrons. The van der Waals surface area contributed by atoms with E-state index in [1.807, 2.05) is 0 Å². The van der Waals surface area contributed by atoms with Crippen molar-refractivity contribution in [3.63, 3.8) is 0 Å². The summed E-state index contributed by atoms with van der Waals surface area (Å²) in [4.78, 5) is 15.7. The molecule has 1 aromatic heterocycles. The predicted molar refractivity (Wildman–Crippen MR) is 135 cm³/mol. The molecule has 3 fully saturated rings. The van der Waals surface area contributed by atoms with Gasteiger partial charge in [0.2, 0.25) is 0 Å². The molecule has 2 heterocycles. The Labute approximate surface area is 206 Å². The van der Waals surface area contributed by atoms with Crippen LogP contribution in [0.15, 0.2) is 41.3 Å². The van der Waals surface area contributed by atoms with E-state index >= 15 is 0 Å². The molecule has 0 amide bonds. The Hall–Kier alpha value is -2.09. The van der Waals surface area contributed by atoms with Crippen LogP contribution in [0.4, 0.5) is 11.4 Å². The highest BCUT2D eigenvalue weighted by atomic mass is 35.5. The van der Waals surface area contributed by atoms with E-state index in [9.17, 15) is 4.79 Å². The van der Waals surface area contributed by atoms with Crippen LogP contribution in [0.5, 0.6) is 0 Å². The monoisotopic (exact) mass is 486 g/mol. The summed E-state index contributed by atoms with van der Waals surface area (Å²) in [5, 5.41) is 8.04. The first-order chi connectivity index (χ1) is 16.7. The van der Waals surface area contributed by atoms with Gasteiger partial charge in [-0.1, -0.05) is 29.8 Å². The van der Waals surface area contributed by atoms with Gasteiger partial charge in [0.05, 0.1) is 30.6 Å². The molecule has 0 bridgehead atoms. The molecular formula is C26H35ClN4O3. The van der Waals surface area contributed by atoms with Crippen LogP contribution in [-0.2, 0) is 9.47 Å². The van der Waals surface area contributed by atoms with Crippen molar-refractivity contribution >= 4 is 23.0 Å². The third-order valence-corrected chi connectivity index (χ3v) is 7.97. The lowest BCUT2D eigenvalue weighted by Crippen LogP contribution is -2.41. The number of anilines is 2. The Bertz CT molecular complexity index is 1000. The number of para-hydroxylation sites is 1. The van der Waals surface area contributed by atoms with Crippen LogP contribution in [0, 0.1) is 5.92 Å². The molecule has 5 rings (SSSR count). The zero-order chi connectivity index (χ0) is 23.5. The highest BCUT2D eigenvalue weighted by Gasteiger charge is 2.36. The molecule has 0 spiro atoms. The van der Waals surface area contributed by atoms with E-state index in [-0.39, 0.29) is 28.6 Å². The minimum Gasteiger partial charge on any atom is -0.382 e. The second-order valence-electron chi connectivity index (χ2n) is 9.84. The van der Waals surface area contributed by atoms with Crippen molar-refractivity contribution in [2.45, 2.75) is 69.2 Å². The summed E-state index contributed by atoms with van der Waals surface area (Å²) in [7, 11) is 1.73. The molecule has 1 N–H and O–H groups in total. The first kappa shape index (κ1) is 23.6. The topological polar surface area (TPSA) is 68.6 Å². The lowest BCUT2D eigenvalue weighted by Gasteiger charge is -2.39. The molecule has 2 saturated carbocycles. The molecular weight excluding hydrogens is 452 g/mol. The largest absolute Gasteiger partial charge is 0.382 e. The normalized spacial score (nSPS) is 27.4. The number of methoxy groups -OCH3 is 1. The number of hydrogen-bond donors (Lipinski definition) is 1. The zero-order valence-corrected chi connectivity index (χ0v) is 20.6. The van der Waals surface area contributed by atoms with Crippen LogP contribution in [0.1, 0.15) is 51.0 Å². The Balaban J connectivity index is 1.22. The molecule has 8 heteroatoms. The number of hydrogen-bond acceptors (Lipinski definition) is 6. The third kappa shape index (κ3) is 5.11. The summed E-state index contributed by atoms with van der Waals surface area (Å²) in [5.41, 5.74) is 1.70. The van der Waals surface area contributed by atoms with Gasteiger partial charge >= 0.3 is 0 Å². The Morgan fingerprint density at radius 3 is 2.50 bits per heavy atom. The fraction of sp³-hybridized carbons (Fsp3) is 0.615. The molecule has 2 atom stereocenters. The highest BCUT2D eigenvalue weighted by molar-refractivity contribution is 6.32. The smallest absolute Gasteiger partial charge is 0.287 e. The van der Waals surface area contributed by atoms with Gasteiger partial charge in [-0.3, -0.25) is 4.79 Å². The van der Waals surface area contributed by atoms with Crippen LogP contribution in [0.25, 0.3) is 0 Å². The van der Waals surface area contributed by atoms with Crippen LogP contribution in [0.3, 0.4) is 0 Å². The Morgan fingerprint density at radius 2 is 1.82 bits per heavy atom. The molecule has 1 aliphatic heterocycles. The van der Waals surface area contributed by atoms with E-state index in [0.717, 1.165) is 38.7 Å². The SMILES string of the molecule is COC1CCOCC1CNc1cnn(C2CCC(N(c3ccccc3)C3CC3)CC2)c(=O)c1Cl. The quantitative estimate of drug-likeness (QED) is 0.592. The van der Waals surface area contributed by atoms with Crippen molar-refractivity contribution in [3.05, 3.63) is 51.9 Å². The molecule has 7 nitrogen and oxygen atoms in total. The number of nitrogens with zero attached hydrogens (tertiary/aromatic N) is 3. The van der Waals surface area contributed by atoms with Crippen LogP contribution >= 0.6 is 11.6 Å². The third-order valence-electron chi connectivity index (χ3n) is 7.61. The first-order valence-corrected chi connectivity index (χ1v) is 13.0. The molecule has 2 aliphatic carbocycles. The fourth-order valence-corrected chi connectivity index (χ4v) is 5.80. The van der Waals surface area contributed by atoms with E-state index in [0.29, 0.717) is 30.9 Å². The lowest BCUT2D eigenvalue weighted by molar-refractivity contribution is -0.0512. The van der Waals surface area contributed by atoms with E-state index in [4.69, 9.17) is 21.1 Å². The Morgan fingerprint density at radius 1 is 1.12 bits per heavy atom. The van der Waals surface area contributed by atoms with E-state index in [2.05, 4.69) is 45.6 Å². The van der Waals surface area contributed by atoms with Gasteiger partial charge in [0.1, 0.15) is 5.02 Å². The standard InChI is InChI=1S/C26H35ClN4O3/c1-33-24-13-14-34-17-18(24)15-28-23-16-29-31(26(32)25(23)27)22-11-9-21(10-12-22)30(20-7-8-20)19-5-3-2-4-6-19/h2-6,16,18,20-22,24,28H,7-15,17H2,1H3. The number of rotatable bonds is 8. The maximum atomic E-state index is 13.1. The molecule has 2 unspecified atom stereocenters. The van der Waals surface area contributed by atoms with E-state index in [1.165, 1.54) is 18.5 Å². The average Bonchev–Trinajstić information content (AvgIpc) is 3.72. The van der Waals surface area contributed by atoms with Crippen molar-refractivity contribution in [2.24, 2.45) is 5.92 Å². The maximum Gasteiger partial charge on any atom is 0.287 e. The maximum absolute atomic E-state index is 13.1. The van der Waals surface area contributed by atoms with Crippen molar-refractivity contribution in [1.82, 2.24) is 9.78 Å². The van der Waals surface area contributed by atoms with Gasteiger partial charge in [0.15, 0.2) is 0 Å². The second-order valence-corrected chi connectivity index (χ2v) is 10.2. The van der Waals surface area contributed by atoms with Gasteiger partial charge in [-0.15, -0.1) is 0 Å². The zero-order valence-electron chi connectivity index (χ0n) is 19.9. The summed E-state index contributed by atoms with van der Waals surface area (Å²) >= 11 is 6.51. The minimum absolute atomic E-state index is 0.0942. The Kier molecular flexibility index (Phi) is 7.42. The summed E-state index contributed by atoms with van der Waals surface area (Å²) in [5.74, 6) is 0.214. The number of benzene rings is 1. The summed E-state index contributed by atoms with van der Waals surface area (Å²) in [6.07, 6.45) is 9.26. The molecule has 2 aromatic rings. The second kappa shape index (κ2) is 10.7. The van der Waals surface area contributed by atoms with Crippen molar-refractivity contribution in [2.75, 3.05) is 37.1 Å². The average molecular weight is 487 g/mol. The van der Waals surface area contributed by atoms with Crippen molar-refractivity contribution < 1.29 is 9.47 Å². The molecule has 184 valence electrons. The van der Waals surface area contributed by atoms with Gasteiger partial charge in [-0.05, 0) is 57.1 Å². The first-order valence-electron chi connectivity index (χ1n) is 12.6.